The Hall–Kier alpha value is -2.95. The number of aryl methyl sites for hydroxylation is 3. The van der Waals surface area contributed by atoms with E-state index in [4.69, 9.17) is 4.74 Å². The molecule has 3 rings (SSSR count). The summed E-state index contributed by atoms with van der Waals surface area (Å²) in [5, 5.41) is 0. The van der Waals surface area contributed by atoms with Crippen LogP contribution in [0.25, 0.3) is 11.0 Å². The van der Waals surface area contributed by atoms with Gasteiger partial charge in [0.2, 0.25) is 0 Å². The smallest absolute Gasteiger partial charge is 0.253 e. The summed E-state index contributed by atoms with van der Waals surface area (Å²) in [6.45, 7) is 6.82. The number of likely N-dealkylation sites (N-methyl/N-ethyl adjacent to an activating group) is 1. The number of nitrogens with zero attached hydrogens (tertiary/aromatic N) is 3. The first kappa shape index (κ1) is 17.9. The molecule has 0 unspecified atom stereocenters. The number of carbonyl (C=O) groups excluding carboxylic acids is 1. The number of amides is 1. The van der Waals surface area contributed by atoms with Crippen molar-refractivity contribution < 1.29 is 9.53 Å². The third kappa shape index (κ3) is 3.99. The van der Waals surface area contributed by atoms with Gasteiger partial charge in [-0.2, -0.15) is 0 Å². The molecule has 0 aliphatic carbocycles. The van der Waals surface area contributed by atoms with Gasteiger partial charge in [-0.15, -0.1) is 0 Å². The summed E-state index contributed by atoms with van der Waals surface area (Å²) < 4.78 is 5.73. The molecule has 5 nitrogen and oxygen atoms in total. The van der Waals surface area contributed by atoms with Gasteiger partial charge >= 0.3 is 0 Å². The summed E-state index contributed by atoms with van der Waals surface area (Å²) in [6.07, 6.45) is 0. The molecule has 0 aliphatic heterocycles. The molecule has 3 aromatic rings. The van der Waals surface area contributed by atoms with E-state index in [9.17, 15) is 4.79 Å². The molecule has 0 radical (unpaired) electrons. The molecular formula is C21H23N3O2. The summed E-state index contributed by atoms with van der Waals surface area (Å²) in [5.74, 6) is 0.762. The second-order valence-electron chi connectivity index (χ2n) is 6.49. The highest BCUT2D eigenvalue weighted by Gasteiger charge is 2.13. The number of rotatable bonds is 5. The predicted molar refractivity (Wildman–Crippen MR) is 103 cm³/mol. The molecule has 134 valence electrons. The average molecular weight is 349 g/mol. The zero-order valence-corrected chi connectivity index (χ0v) is 15.6. The van der Waals surface area contributed by atoms with Crippen molar-refractivity contribution in [2.24, 2.45) is 0 Å². The van der Waals surface area contributed by atoms with E-state index in [2.05, 4.69) is 9.97 Å². The van der Waals surface area contributed by atoms with Gasteiger partial charge in [-0.25, -0.2) is 9.97 Å². The molecule has 5 heteroatoms. The quantitative estimate of drug-likeness (QED) is 0.705. The SMILES string of the molecule is Cc1cccc(OCCN(C)C(=O)c2ccc3nc(C)c(C)nc3c2)c1. The number of hydrogen-bond donors (Lipinski definition) is 0. The monoisotopic (exact) mass is 349 g/mol. The standard InChI is InChI=1S/C21H23N3O2/c1-14-6-5-7-18(12-14)26-11-10-24(4)21(25)17-8-9-19-20(13-17)23-16(3)15(2)22-19/h5-9,12-13H,10-11H2,1-4H3. The molecule has 0 saturated carbocycles. The van der Waals surface area contributed by atoms with Crippen LogP contribution in [0.15, 0.2) is 42.5 Å². The molecule has 2 aromatic carbocycles. The topological polar surface area (TPSA) is 55.3 Å². The Bertz CT molecular complexity index is 953. The van der Waals surface area contributed by atoms with Crippen molar-refractivity contribution in [2.75, 3.05) is 20.2 Å². The highest BCUT2D eigenvalue weighted by Crippen LogP contribution is 2.16. The van der Waals surface area contributed by atoms with Crippen LogP contribution < -0.4 is 4.74 Å². The Labute approximate surface area is 153 Å². The van der Waals surface area contributed by atoms with Crippen LogP contribution in [0.5, 0.6) is 5.75 Å². The van der Waals surface area contributed by atoms with Crippen LogP contribution in [-0.2, 0) is 0 Å². The van der Waals surface area contributed by atoms with Crippen LogP contribution in [0.2, 0.25) is 0 Å². The minimum atomic E-state index is -0.0558. The minimum absolute atomic E-state index is 0.0558. The lowest BCUT2D eigenvalue weighted by molar-refractivity contribution is 0.0774. The van der Waals surface area contributed by atoms with Gasteiger partial charge in [-0.1, -0.05) is 12.1 Å². The van der Waals surface area contributed by atoms with Crippen molar-refractivity contribution in [1.82, 2.24) is 14.9 Å². The minimum Gasteiger partial charge on any atom is -0.492 e. The van der Waals surface area contributed by atoms with Crippen molar-refractivity contribution in [2.45, 2.75) is 20.8 Å². The third-order valence-corrected chi connectivity index (χ3v) is 4.35. The highest BCUT2D eigenvalue weighted by molar-refractivity contribution is 5.97. The Morgan fingerprint density at radius 1 is 1.00 bits per heavy atom. The molecule has 0 saturated heterocycles. The summed E-state index contributed by atoms with van der Waals surface area (Å²) in [4.78, 5) is 23.4. The fourth-order valence-electron chi connectivity index (χ4n) is 2.69. The van der Waals surface area contributed by atoms with Gasteiger partial charge in [0.15, 0.2) is 0 Å². The lowest BCUT2D eigenvalue weighted by Gasteiger charge is -2.18. The Morgan fingerprint density at radius 2 is 1.73 bits per heavy atom. The normalized spacial score (nSPS) is 10.8. The number of aromatic nitrogens is 2. The number of hydrogen-bond acceptors (Lipinski definition) is 4. The van der Waals surface area contributed by atoms with E-state index < -0.39 is 0 Å². The van der Waals surface area contributed by atoms with E-state index in [1.807, 2.05) is 51.1 Å². The molecule has 0 bridgehead atoms. The van der Waals surface area contributed by atoms with E-state index in [0.29, 0.717) is 18.7 Å². The van der Waals surface area contributed by atoms with Gasteiger partial charge in [-0.3, -0.25) is 4.79 Å². The average Bonchev–Trinajstić information content (AvgIpc) is 2.61. The molecule has 0 N–H and O–H groups in total. The molecule has 1 amide bonds. The van der Waals surface area contributed by atoms with Crippen molar-refractivity contribution >= 4 is 16.9 Å². The lowest BCUT2D eigenvalue weighted by atomic mass is 10.1. The molecule has 0 atom stereocenters. The van der Waals surface area contributed by atoms with E-state index in [0.717, 1.165) is 33.7 Å². The molecule has 0 fully saturated rings. The van der Waals surface area contributed by atoms with Gasteiger partial charge in [0, 0.05) is 12.6 Å². The van der Waals surface area contributed by atoms with Crippen LogP contribution >= 0.6 is 0 Å². The highest BCUT2D eigenvalue weighted by atomic mass is 16.5. The first-order valence-electron chi connectivity index (χ1n) is 8.64. The van der Waals surface area contributed by atoms with E-state index in [-0.39, 0.29) is 5.91 Å². The van der Waals surface area contributed by atoms with Crippen molar-refractivity contribution in [3.05, 3.63) is 65.0 Å². The van der Waals surface area contributed by atoms with E-state index >= 15 is 0 Å². The van der Waals surface area contributed by atoms with Gasteiger partial charge < -0.3 is 9.64 Å². The first-order chi connectivity index (χ1) is 12.4. The molecule has 0 aliphatic rings. The maximum absolute atomic E-state index is 12.7. The number of carbonyl (C=O) groups is 1. The van der Waals surface area contributed by atoms with Crippen LogP contribution in [0, 0.1) is 20.8 Å². The molecule has 1 heterocycles. The first-order valence-corrected chi connectivity index (χ1v) is 8.64. The van der Waals surface area contributed by atoms with Gasteiger partial charge in [0.1, 0.15) is 12.4 Å². The van der Waals surface area contributed by atoms with E-state index in [1.54, 1.807) is 24.1 Å². The summed E-state index contributed by atoms with van der Waals surface area (Å²) in [5.41, 5.74) is 5.07. The summed E-state index contributed by atoms with van der Waals surface area (Å²) >= 11 is 0. The largest absolute Gasteiger partial charge is 0.492 e. The third-order valence-electron chi connectivity index (χ3n) is 4.35. The Kier molecular flexibility index (Phi) is 5.16. The fourth-order valence-corrected chi connectivity index (χ4v) is 2.69. The fraction of sp³-hybridized carbons (Fsp3) is 0.286. The van der Waals surface area contributed by atoms with Crippen LogP contribution in [0.4, 0.5) is 0 Å². The number of benzene rings is 2. The molecule has 0 spiro atoms. The predicted octanol–water partition coefficient (Wildman–Crippen LogP) is 3.71. The van der Waals surface area contributed by atoms with Crippen LogP contribution in [0.1, 0.15) is 27.3 Å². The number of fused-ring (bicyclic) bond motifs is 1. The van der Waals surface area contributed by atoms with Crippen molar-refractivity contribution in [1.29, 1.82) is 0 Å². The van der Waals surface area contributed by atoms with Gasteiger partial charge in [0.25, 0.3) is 5.91 Å². The second-order valence-corrected chi connectivity index (χ2v) is 6.49. The summed E-state index contributed by atoms with van der Waals surface area (Å²) in [7, 11) is 1.78. The molecule has 1 aromatic heterocycles. The van der Waals surface area contributed by atoms with E-state index in [1.165, 1.54) is 0 Å². The zero-order valence-electron chi connectivity index (χ0n) is 15.6. The second kappa shape index (κ2) is 7.52. The molecule has 26 heavy (non-hydrogen) atoms. The Morgan fingerprint density at radius 3 is 2.46 bits per heavy atom. The maximum Gasteiger partial charge on any atom is 0.253 e. The lowest BCUT2D eigenvalue weighted by Crippen LogP contribution is -2.30. The van der Waals surface area contributed by atoms with Crippen LogP contribution in [-0.4, -0.2) is 41.0 Å². The van der Waals surface area contributed by atoms with Gasteiger partial charge in [-0.05, 0) is 56.7 Å². The van der Waals surface area contributed by atoms with Crippen LogP contribution in [0.3, 0.4) is 0 Å². The Balaban J connectivity index is 1.66. The molecular weight excluding hydrogens is 326 g/mol. The van der Waals surface area contributed by atoms with Crippen molar-refractivity contribution in [3.63, 3.8) is 0 Å². The number of ether oxygens (including phenoxy) is 1. The van der Waals surface area contributed by atoms with Crippen molar-refractivity contribution in [3.8, 4) is 5.75 Å². The summed E-state index contributed by atoms with van der Waals surface area (Å²) in [6, 6.07) is 13.3. The van der Waals surface area contributed by atoms with Gasteiger partial charge in [0.05, 0.1) is 29.0 Å². The maximum atomic E-state index is 12.7. The zero-order chi connectivity index (χ0) is 18.7.